The van der Waals surface area contributed by atoms with Gasteiger partial charge in [0.2, 0.25) is 11.8 Å². The van der Waals surface area contributed by atoms with Crippen LogP contribution >= 0.6 is 0 Å². The zero-order valence-corrected chi connectivity index (χ0v) is 33.9. The normalized spacial score (nSPS) is 22.2. The van der Waals surface area contributed by atoms with E-state index in [1.54, 1.807) is 0 Å². The fourth-order valence-corrected chi connectivity index (χ4v) is 9.02. The molecular weight excluding hydrogens is 719 g/mol. The molecule has 3 aliphatic rings. The quantitative estimate of drug-likeness (QED) is 0.137. The number of nitrogens with zero attached hydrogens (tertiary/aromatic N) is 4. The predicted molar refractivity (Wildman–Crippen MR) is 220 cm³/mol. The SMILES string of the molecule is COC(=O)N[C@H](C(=O)N1CCC[C@H]1c1nc2ccc3cc(-c4ccc(-c5cnc([C@@H]6C[C@]7(CCCCO7)CN6C(=O)[C@@H](C)C(C)C)[nH]5)cc4)ccc3c2[nH]1)C(C)C. The molecule has 0 aliphatic carbocycles. The Labute approximate surface area is 334 Å². The number of likely N-dealkylation sites (tertiary alicyclic amines) is 2. The van der Waals surface area contributed by atoms with E-state index in [-0.39, 0.29) is 47.3 Å². The summed E-state index contributed by atoms with van der Waals surface area (Å²) in [6.07, 6.45) is 6.84. The number of ether oxygens (including phenoxy) is 2. The van der Waals surface area contributed by atoms with Crippen molar-refractivity contribution < 1.29 is 23.9 Å². The van der Waals surface area contributed by atoms with Gasteiger partial charge < -0.3 is 34.6 Å². The van der Waals surface area contributed by atoms with Crippen LogP contribution in [0.1, 0.15) is 96.9 Å². The first-order valence-electron chi connectivity index (χ1n) is 20.6. The van der Waals surface area contributed by atoms with E-state index in [2.05, 4.69) is 77.7 Å². The molecule has 3 N–H and O–H groups in total. The monoisotopic (exact) mass is 773 g/mol. The Kier molecular flexibility index (Phi) is 10.6. The Morgan fingerprint density at radius 2 is 1.63 bits per heavy atom. The molecule has 300 valence electrons. The summed E-state index contributed by atoms with van der Waals surface area (Å²) in [5.74, 6) is 1.69. The number of methoxy groups -OCH3 is 1. The van der Waals surface area contributed by atoms with Gasteiger partial charge in [-0.3, -0.25) is 9.59 Å². The maximum absolute atomic E-state index is 13.8. The number of aromatic amines is 2. The number of fused-ring (bicyclic) bond motifs is 3. The Balaban J connectivity index is 1.00. The lowest BCUT2D eigenvalue weighted by Crippen LogP contribution is -2.51. The molecule has 3 fully saturated rings. The molecule has 5 heterocycles. The standard InChI is InChI=1S/C45H55N7O5/c1-26(2)28(5)42(53)52-25-45(19-7-8-21-57-45)23-37(52)40-46-24-35(48-40)30-13-11-29(12-14-30)31-15-17-33-32(22-31)16-18-34-39(33)49-41(47-34)36-10-9-20-51(36)43(54)38(27(3)4)50-44(55)56-6/h11-18,22,24,26-28,36-38H,7-10,19-21,23,25H2,1-6H3,(H,46,48)(H,47,49)(H,50,55)/t28-,36-,37-,38-,45+/m0/s1. The molecule has 0 bridgehead atoms. The molecule has 5 aromatic rings. The molecule has 3 amide bonds. The largest absolute Gasteiger partial charge is 0.453 e. The Morgan fingerprint density at radius 3 is 2.35 bits per heavy atom. The third-order valence-electron chi connectivity index (χ3n) is 12.7. The average molecular weight is 774 g/mol. The molecule has 0 unspecified atom stereocenters. The zero-order chi connectivity index (χ0) is 40.0. The molecule has 12 nitrogen and oxygen atoms in total. The smallest absolute Gasteiger partial charge is 0.407 e. The lowest BCUT2D eigenvalue weighted by molar-refractivity contribution is -0.139. The number of alkyl carbamates (subject to hydrolysis) is 1. The van der Waals surface area contributed by atoms with Crippen molar-refractivity contribution in [2.75, 3.05) is 26.8 Å². The van der Waals surface area contributed by atoms with Gasteiger partial charge in [0.25, 0.3) is 0 Å². The van der Waals surface area contributed by atoms with Crippen molar-refractivity contribution in [3.05, 3.63) is 72.4 Å². The summed E-state index contributed by atoms with van der Waals surface area (Å²) in [4.78, 5) is 60.3. The summed E-state index contributed by atoms with van der Waals surface area (Å²) in [5.41, 5.74) is 5.63. The highest BCUT2D eigenvalue weighted by atomic mass is 16.5. The first-order chi connectivity index (χ1) is 27.4. The van der Waals surface area contributed by atoms with Crippen molar-refractivity contribution >= 4 is 39.7 Å². The number of rotatable bonds is 9. The molecule has 2 aromatic heterocycles. The minimum Gasteiger partial charge on any atom is -0.453 e. The van der Waals surface area contributed by atoms with E-state index >= 15 is 0 Å². The van der Waals surface area contributed by atoms with Gasteiger partial charge in [-0.2, -0.15) is 0 Å². The Morgan fingerprint density at radius 1 is 0.860 bits per heavy atom. The minimum atomic E-state index is -0.685. The van der Waals surface area contributed by atoms with Gasteiger partial charge in [0.1, 0.15) is 17.7 Å². The minimum absolute atomic E-state index is 0.0756. The van der Waals surface area contributed by atoms with Crippen LogP contribution < -0.4 is 5.32 Å². The molecular formula is C45H55N7O5. The summed E-state index contributed by atoms with van der Waals surface area (Å²) in [6, 6.07) is 18.1. The zero-order valence-electron chi connectivity index (χ0n) is 33.9. The van der Waals surface area contributed by atoms with Crippen molar-refractivity contribution in [3.63, 3.8) is 0 Å². The second kappa shape index (κ2) is 15.6. The van der Waals surface area contributed by atoms with Crippen LogP contribution in [-0.4, -0.2) is 86.1 Å². The van der Waals surface area contributed by atoms with E-state index in [1.807, 2.05) is 42.8 Å². The second-order valence-electron chi connectivity index (χ2n) is 17.0. The number of carbonyl (C=O) groups is 3. The molecule has 1 spiro atoms. The highest BCUT2D eigenvalue weighted by Crippen LogP contribution is 2.45. The van der Waals surface area contributed by atoms with Crippen molar-refractivity contribution in [1.29, 1.82) is 0 Å². The van der Waals surface area contributed by atoms with E-state index in [9.17, 15) is 14.4 Å². The van der Waals surface area contributed by atoms with Crippen molar-refractivity contribution in [2.45, 2.75) is 96.9 Å². The van der Waals surface area contributed by atoms with Gasteiger partial charge in [0, 0.05) is 30.9 Å². The summed E-state index contributed by atoms with van der Waals surface area (Å²) in [6.45, 7) is 12.0. The fourth-order valence-electron chi connectivity index (χ4n) is 9.02. The number of amides is 3. The van der Waals surface area contributed by atoms with E-state index in [0.717, 1.165) is 101 Å². The summed E-state index contributed by atoms with van der Waals surface area (Å²) in [5, 5.41) is 4.87. The van der Waals surface area contributed by atoms with Gasteiger partial charge in [0.15, 0.2) is 0 Å². The van der Waals surface area contributed by atoms with Crippen LogP contribution in [0.3, 0.4) is 0 Å². The molecule has 5 atom stereocenters. The molecule has 3 aliphatic heterocycles. The molecule has 0 radical (unpaired) electrons. The summed E-state index contributed by atoms with van der Waals surface area (Å²) >= 11 is 0. The van der Waals surface area contributed by atoms with Crippen molar-refractivity contribution in [1.82, 2.24) is 35.1 Å². The number of hydrogen-bond donors (Lipinski definition) is 3. The van der Waals surface area contributed by atoms with E-state index in [4.69, 9.17) is 19.4 Å². The number of benzene rings is 3. The highest BCUT2D eigenvalue weighted by molar-refractivity contribution is 6.05. The number of carbonyl (C=O) groups excluding carboxylic acids is 3. The topological polar surface area (TPSA) is 146 Å². The van der Waals surface area contributed by atoms with Gasteiger partial charge >= 0.3 is 6.09 Å². The number of imidazole rings is 2. The van der Waals surface area contributed by atoms with Gasteiger partial charge in [-0.1, -0.05) is 77.1 Å². The first kappa shape index (κ1) is 38.6. The lowest BCUT2D eigenvalue weighted by atomic mass is 9.91. The maximum Gasteiger partial charge on any atom is 0.407 e. The Bertz CT molecular complexity index is 2270. The van der Waals surface area contributed by atoms with Crippen LogP contribution in [0.25, 0.3) is 44.2 Å². The predicted octanol–water partition coefficient (Wildman–Crippen LogP) is 8.32. The van der Waals surface area contributed by atoms with Gasteiger partial charge in [-0.05, 0) is 78.1 Å². The number of hydrogen-bond acceptors (Lipinski definition) is 7. The molecule has 0 saturated carbocycles. The fraction of sp³-hybridized carbons (Fsp3) is 0.489. The Hall–Kier alpha value is -5.23. The highest BCUT2D eigenvalue weighted by Gasteiger charge is 2.50. The van der Waals surface area contributed by atoms with Crippen LogP contribution in [0.5, 0.6) is 0 Å². The van der Waals surface area contributed by atoms with Crippen LogP contribution in [0.2, 0.25) is 0 Å². The van der Waals surface area contributed by atoms with E-state index < -0.39 is 12.1 Å². The lowest BCUT2D eigenvalue weighted by Gasteiger charge is -2.33. The maximum atomic E-state index is 13.8. The van der Waals surface area contributed by atoms with Crippen LogP contribution in [0.4, 0.5) is 4.79 Å². The van der Waals surface area contributed by atoms with Crippen molar-refractivity contribution in [3.8, 4) is 22.4 Å². The van der Waals surface area contributed by atoms with Crippen LogP contribution in [0.15, 0.2) is 60.8 Å². The van der Waals surface area contributed by atoms with Gasteiger partial charge in [-0.15, -0.1) is 0 Å². The third-order valence-corrected chi connectivity index (χ3v) is 12.7. The summed E-state index contributed by atoms with van der Waals surface area (Å²) < 4.78 is 11.2. The van der Waals surface area contributed by atoms with Gasteiger partial charge in [0.05, 0.1) is 54.3 Å². The molecule has 12 heteroatoms. The molecule has 8 rings (SSSR count). The van der Waals surface area contributed by atoms with Crippen molar-refractivity contribution in [2.24, 2.45) is 17.8 Å². The summed E-state index contributed by atoms with van der Waals surface area (Å²) in [7, 11) is 1.30. The van der Waals surface area contributed by atoms with E-state index in [1.165, 1.54) is 7.11 Å². The average Bonchev–Trinajstić information content (AvgIpc) is 4.05. The number of aromatic nitrogens is 4. The second-order valence-corrected chi connectivity index (χ2v) is 17.0. The molecule has 57 heavy (non-hydrogen) atoms. The van der Waals surface area contributed by atoms with Crippen LogP contribution in [0, 0.1) is 17.8 Å². The van der Waals surface area contributed by atoms with Crippen LogP contribution in [-0.2, 0) is 19.1 Å². The molecule has 3 aromatic carbocycles. The number of nitrogens with one attached hydrogen (secondary N) is 3. The molecule has 3 saturated heterocycles. The van der Waals surface area contributed by atoms with Gasteiger partial charge in [-0.25, -0.2) is 14.8 Å². The van der Waals surface area contributed by atoms with E-state index in [0.29, 0.717) is 13.1 Å². The first-order valence-corrected chi connectivity index (χ1v) is 20.6. The third kappa shape index (κ3) is 7.40. The number of H-pyrrole nitrogens is 2.